The lowest BCUT2D eigenvalue weighted by molar-refractivity contribution is 0.0879. The first-order valence-electron chi connectivity index (χ1n) is 7.46. The summed E-state index contributed by atoms with van der Waals surface area (Å²) < 4.78 is 7.73. The Kier molecular flexibility index (Phi) is 3.73. The van der Waals surface area contributed by atoms with Gasteiger partial charge in [0.2, 0.25) is 5.95 Å². The lowest BCUT2D eigenvalue weighted by Gasteiger charge is -2.15. The van der Waals surface area contributed by atoms with E-state index >= 15 is 0 Å². The maximum absolute atomic E-state index is 11.8. The minimum atomic E-state index is -0.345. The second kappa shape index (κ2) is 6.04. The Hall–Kier alpha value is -2.74. The van der Waals surface area contributed by atoms with E-state index in [0.717, 1.165) is 11.5 Å². The van der Waals surface area contributed by atoms with Gasteiger partial charge < -0.3 is 10.5 Å². The van der Waals surface area contributed by atoms with E-state index < -0.39 is 0 Å². The maximum atomic E-state index is 11.8. The number of aromatic nitrogens is 4. The van der Waals surface area contributed by atoms with Crippen LogP contribution in [0.5, 0.6) is 0 Å². The Morgan fingerprint density at radius 2 is 2.21 bits per heavy atom. The number of thioether (sulfide) groups is 1. The van der Waals surface area contributed by atoms with Crippen molar-refractivity contribution in [3.63, 3.8) is 0 Å². The number of imidazole rings is 1. The van der Waals surface area contributed by atoms with Gasteiger partial charge in [-0.15, -0.1) is 11.8 Å². The minimum absolute atomic E-state index is 0.0695. The Morgan fingerprint density at radius 1 is 1.38 bits per heavy atom. The van der Waals surface area contributed by atoms with Gasteiger partial charge in [-0.3, -0.25) is 14.3 Å². The van der Waals surface area contributed by atoms with Gasteiger partial charge in [-0.25, -0.2) is 4.98 Å². The third-order valence-electron chi connectivity index (χ3n) is 3.72. The number of aromatic amines is 1. The fourth-order valence-electron chi connectivity index (χ4n) is 2.59. The molecule has 2 aromatic heterocycles. The quantitative estimate of drug-likeness (QED) is 0.707. The SMILES string of the molecule is Nc1nc2c(ncn2[C@H]2CC=C(CSc3ccccc3)O2)c(=O)[nH]1. The van der Waals surface area contributed by atoms with Crippen molar-refractivity contribution in [3.05, 3.63) is 58.8 Å². The van der Waals surface area contributed by atoms with Gasteiger partial charge >= 0.3 is 0 Å². The van der Waals surface area contributed by atoms with E-state index in [2.05, 4.69) is 33.2 Å². The first-order chi connectivity index (χ1) is 11.7. The molecule has 0 fully saturated rings. The van der Waals surface area contributed by atoms with Crippen molar-refractivity contribution in [1.82, 2.24) is 19.5 Å². The topological polar surface area (TPSA) is 98.8 Å². The molecule has 3 N–H and O–H groups in total. The summed E-state index contributed by atoms with van der Waals surface area (Å²) in [6, 6.07) is 10.2. The predicted molar refractivity (Wildman–Crippen MR) is 92.5 cm³/mol. The van der Waals surface area contributed by atoms with Gasteiger partial charge in [0.1, 0.15) is 12.1 Å². The van der Waals surface area contributed by atoms with E-state index in [4.69, 9.17) is 10.5 Å². The highest BCUT2D eigenvalue weighted by atomic mass is 32.2. The van der Waals surface area contributed by atoms with Gasteiger partial charge in [0.05, 0.1) is 5.75 Å². The number of ether oxygens (including phenoxy) is 1. The van der Waals surface area contributed by atoms with E-state index in [1.165, 1.54) is 4.90 Å². The molecule has 0 radical (unpaired) electrons. The third kappa shape index (κ3) is 2.76. The van der Waals surface area contributed by atoms with Crippen LogP contribution in [0.3, 0.4) is 0 Å². The molecule has 0 unspecified atom stereocenters. The molecule has 0 saturated heterocycles. The summed E-state index contributed by atoms with van der Waals surface area (Å²) in [4.78, 5) is 23.8. The number of nitrogens with two attached hydrogens (primary N) is 1. The Bertz CT molecular complexity index is 964. The Labute approximate surface area is 141 Å². The number of nitrogens with zero attached hydrogens (tertiary/aromatic N) is 3. The second-order valence-corrected chi connectivity index (χ2v) is 6.40. The fraction of sp³-hybridized carbons (Fsp3) is 0.188. The van der Waals surface area contributed by atoms with Crippen molar-refractivity contribution in [2.24, 2.45) is 0 Å². The summed E-state index contributed by atoms with van der Waals surface area (Å²) in [5.74, 6) is 1.73. The van der Waals surface area contributed by atoms with Crippen molar-refractivity contribution >= 4 is 28.9 Å². The number of hydrogen-bond donors (Lipinski definition) is 2. The molecular weight excluding hydrogens is 326 g/mol. The first kappa shape index (κ1) is 14.8. The zero-order valence-corrected chi connectivity index (χ0v) is 13.5. The molecule has 1 aliphatic heterocycles. The van der Waals surface area contributed by atoms with Crippen molar-refractivity contribution in [3.8, 4) is 0 Å². The number of anilines is 1. The molecule has 0 saturated carbocycles. The van der Waals surface area contributed by atoms with Crippen LogP contribution < -0.4 is 11.3 Å². The van der Waals surface area contributed by atoms with Crippen LogP contribution >= 0.6 is 11.8 Å². The minimum Gasteiger partial charge on any atom is -0.474 e. The normalized spacial score (nSPS) is 17.0. The van der Waals surface area contributed by atoms with Gasteiger partial charge in [0.15, 0.2) is 17.4 Å². The number of hydrogen-bond acceptors (Lipinski definition) is 6. The van der Waals surface area contributed by atoms with Gasteiger partial charge in [-0.1, -0.05) is 18.2 Å². The van der Waals surface area contributed by atoms with Gasteiger partial charge in [-0.05, 0) is 18.2 Å². The van der Waals surface area contributed by atoms with Crippen LogP contribution in [-0.2, 0) is 4.74 Å². The zero-order valence-electron chi connectivity index (χ0n) is 12.7. The van der Waals surface area contributed by atoms with E-state index in [-0.39, 0.29) is 23.3 Å². The molecule has 1 aromatic carbocycles. The van der Waals surface area contributed by atoms with Crippen LogP contribution in [-0.4, -0.2) is 25.3 Å². The van der Waals surface area contributed by atoms with Crippen molar-refractivity contribution in [1.29, 1.82) is 0 Å². The molecule has 7 nitrogen and oxygen atoms in total. The van der Waals surface area contributed by atoms with E-state index in [1.54, 1.807) is 22.7 Å². The molecule has 0 spiro atoms. The molecule has 24 heavy (non-hydrogen) atoms. The molecule has 3 heterocycles. The summed E-state index contributed by atoms with van der Waals surface area (Å²) >= 11 is 1.72. The van der Waals surface area contributed by atoms with Crippen LogP contribution in [0.4, 0.5) is 5.95 Å². The van der Waals surface area contributed by atoms with E-state index in [9.17, 15) is 4.79 Å². The number of fused-ring (bicyclic) bond motifs is 1. The zero-order chi connectivity index (χ0) is 16.5. The molecule has 4 rings (SSSR count). The number of benzene rings is 1. The number of nitrogen functional groups attached to an aromatic ring is 1. The van der Waals surface area contributed by atoms with Gasteiger partial charge in [-0.2, -0.15) is 4.98 Å². The maximum Gasteiger partial charge on any atom is 0.280 e. The van der Waals surface area contributed by atoms with Crippen LogP contribution in [0, 0.1) is 0 Å². The molecule has 0 amide bonds. The molecule has 3 aromatic rings. The highest BCUT2D eigenvalue weighted by molar-refractivity contribution is 7.99. The lowest BCUT2D eigenvalue weighted by Crippen LogP contribution is -2.14. The first-order valence-corrected chi connectivity index (χ1v) is 8.45. The molecular formula is C16H15N5O2S. The highest BCUT2D eigenvalue weighted by Crippen LogP contribution is 2.31. The van der Waals surface area contributed by atoms with Crippen molar-refractivity contribution in [2.45, 2.75) is 17.5 Å². The third-order valence-corrected chi connectivity index (χ3v) is 4.75. The summed E-state index contributed by atoms with van der Waals surface area (Å²) in [6.07, 6.45) is 4.07. The lowest BCUT2D eigenvalue weighted by atomic mass is 10.4. The van der Waals surface area contributed by atoms with Gasteiger partial charge in [0, 0.05) is 11.3 Å². The molecule has 122 valence electrons. The number of rotatable bonds is 4. The Balaban J connectivity index is 1.49. The number of H-pyrrole nitrogens is 1. The predicted octanol–water partition coefficient (Wildman–Crippen LogP) is 2.30. The molecule has 0 bridgehead atoms. The summed E-state index contributed by atoms with van der Waals surface area (Å²) in [5, 5.41) is 0. The number of nitrogens with one attached hydrogen (secondary N) is 1. The summed E-state index contributed by atoms with van der Waals surface area (Å²) in [5.41, 5.74) is 5.98. The molecule has 1 aliphatic rings. The fourth-order valence-corrected chi connectivity index (χ4v) is 3.44. The summed E-state index contributed by atoms with van der Waals surface area (Å²) in [6.45, 7) is 0. The van der Waals surface area contributed by atoms with Crippen molar-refractivity contribution < 1.29 is 4.74 Å². The second-order valence-electron chi connectivity index (χ2n) is 5.36. The van der Waals surface area contributed by atoms with Crippen LogP contribution in [0.1, 0.15) is 12.6 Å². The average Bonchev–Trinajstić information content (AvgIpc) is 3.20. The summed E-state index contributed by atoms with van der Waals surface area (Å²) in [7, 11) is 0. The van der Waals surface area contributed by atoms with Crippen LogP contribution in [0.2, 0.25) is 0 Å². The Morgan fingerprint density at radius 3 is 3.04 bits per heavy atom. The smallest absolute Gasteiger partial charge is 0.280 e. The van der Waals surface area contributed by atoms with Crippen molar-refractivity contribution in [2.75, 3.05) is 11.5 Å². The molecule has 8 heteroatoms. The van der Waals surface area contributed by atoms with Crippen LogP contribution in [0.25, 0.3) is 11.2 Å². The van der Waals surface area contributed by atoms with E-state index in [1.807, 2.05) is 18.2 Å². The standard InChI is InChI=1S/C16H15N5O2S/c17-16-19-14-13(15(22)20-16)18-9-21(14)12-7-6-10(23-12)8-24-11-4-2-1-3-5-11/h1-6,9,12H,7-8H2,(H3,17,19,20,22)/t12-/m1/s1. The highest BCUT2D eigenvalue weighted by Gasteiger charge is 2.23. The van der Waals surface area contributed by atoms with Crippen LogP contribution in [0.15, 0.2) is 58.2 Å². The largest absolute Gasteiger partial charge is 0.474 e. The molecule has 0 aliphatic carbocycles. The average molecular weight is 341 g/mol. The van der Waals surface area contributed by atoms with Gasteiger partial charge in [0.25, 0.3) is 5.56 Å². The van der Waals surface area contributed by atoms with E-state index in [0.29, 0.717) is 12.1 Å². The molecule has 1 atom stereocenters. The monoisotopic (exact) mass is 341 g/mol.